The Morgan fingerprint density at radius 2 is 1.96 bits per heavy atom. The van der Waals surface area contributed by atoms with Gasteiger partial charge in [-0.3, -0.25) is 9.79 Å². The van der Waals surface area contributed by atoms with Gasteiger partial charge >= 0.3 is 5.97 Å². The number of hydrogen-bond acceptors (Lipinski definition) is 5. The van der Waals surface area contributed by atoms with Crippen LogP contribution in [0.1, 0.15) is 39.0 Å². The van der Waals surface area contributed by atoms with Crippen molar-refractivity contribution >= 4 is 11.9 Å². The van der Waals surface area contributed by atoms with E-state index in [1.54, 1.807) is 14.2 Å². The van der Waals surface area contributed by atoms with Crippen LogP contribution < -0.4 is 20.1 Å². The molecule has 7 nitrogen and oxygen atoms in total. The van der Waals surface area contributed by atoms with E-state index in [1.165, 1.54) is 0 Å². The molecule has 1 aromatic rings. The molecule has 28 heavy (non-hydrogen) atoms. The number of aliphatic imine (C=N–C) groups is 1. The maximum atomic E-state index is 11.8. The second-order valence-corrected chi connectivity index (χ2v) is 6.82. The number of carbonyl (C=O) groups is 1. The first-order chi connectivity index (χ1) is 13.7. The number of rotatable bonds is 9. The molecule has 0 aliphatic heterocycles. The van der Waals surface area contributed by atoms with Gasteiger partial charge in [-0.1, -0.05) is 6.07 Å². The van der Waals surface area contributed by atoms with Crippen molar-refractivity contribution < 1.29 is 19.0 Å². The fraction of sp³-hybridized carbons (Fsp3) is 0.619. The molecule has 0 unspecified atom stereocenters. The molecule has 156 valence electrons. The Bertz CT molecular complexity index is 628. The molecule has 0 bridgehead atoms. The molecule has 0 saturated heterocycles. The first kappa shape index (κ1) is 21.9. The predicted octanol–water partition coefficient (Wildman–Crippen LogP) is 2.75. The minimum Gasteiger partial charge on any atom is -0.497 e. The van der Waals surface area contributed by atoms with Crippen molar-refractivity contribution in [1.82, 2.24) is 10.6 Å². The van der Waals surface area contributed by atoms with Crippen molar-refractivity contribution in [1.29, 1.82) is 0 Å². The summed E-state index contributed by atoms with van der Waals surface area (Å²) in [6.07, 6.45) is 4.48. The molecule has 1 aromatic carbocycles. The van der Waals surface area contributed by atoms with Gasteiger partial charge in [-0.2, -0.15) is 0 Å². The van der Waals surface area contributed by atoms with E-state index in [0.29, 0.717) is 19.3 Å². The Balaban J connectivity index is 1.62. The minimum absolute atomic E-state index is 0.0433. The third-order valence-electron chi connectivity index (χ3n) is 4.84. The first-order valence-electron chi connectivity index (χ1n) is 10.1. The van der Waals surface area contributed by atoms with Gasteiger partial charge in [-0.15, -0.1) is 0 Å². The predicted molar refractivity (Wildman–Crippen MR) is 110 cm³/mol. The number of guanidine groups is 1. The van der Waals surface area contributed by atoms with Gasteiger partial charge in [0.2, 0.25) is 0 Å². The summed E-state index contributed by atoms with van der Waals surface area (Å²) in [4.78, 5) is 16.1. The second-order valence-electron chi connectivity index (χ2n) is 6.82. The van der Waals surface area contributed by atoms with Crippen molar-refractivity contribution in [2.24, 2.45) is 10.9 Å². The highest BCUT2D eigenvalue weighted by molar-refractivity contribution is 5.80. The number of nitrogens with zero attached hydrogens (tertiary/aromatic N) is 1. The molecule has 7 heteroatoms. The van der Waals surface area contributed by atoms with Gasteiger partial charge in [-0.25, -0.2) is 0 Å². The number of nitrogens with one attached hydrogen (secondary N) is 2. The van der Waals surface area contributed by atoms with Crippen molar-refractivity contribution in [2.75, 3.05) is 33.9 Å². The normalized spacial score (nSPS) is 19.6. The Morgan fingerprint density at radius 3 is 2.64 bits per heavy atom. The summed E-state index contributed by atoms with van der Waals surface area (Å²) >= 11 is 0. The monoisotopic (exact) mass is 391 g/mol. The van der Waals surface area contributed by atoms with Crippen LogP contribution in [0.2, 0.25) is 0 Å². The van der Waals surface area contributed by atoms with E-state index in [1.807, 2.05) is 31.2 Å². The number of benzene rings is 1. The van der Waals surface area contributed by atoms with Crippen molar-refractivity contribution in [3.8, 4) is 11.5 Å². The highest BCUT2D eigenvalue weighted by atomic mass is 16.5. The molecule has 0 amide bonds. The summed E-state index contributed by atoms with van der Waals surface area (Å²) < 4.78 is 16.1. The lowest BCUT2D eigenvalue weighted by atomic mass is 9.86. The third kappa shape index (κ3) is 7.29. The van der Waals surface area contributed by atoms with Crippen LogP contribution in [0.25, 0.3) is 0 Å². The zero-order chi connectivity index (χ0) is 20.2. The first-order valence-corrected chi connectivity index (χ1v) is 10.1. The standard InChI is InChI=1S/C21H33N3O4/c1-4-27-20(25)16-9-11-17(12-10-16)24-21(22-2)23-13-6-14-28-19-8-5-7-18(15-19)26-3/h5,7-8,15-17H,4,6,9-14H2,1-3H3,(H2,22,23,24). The summed E-state index contributed by atoms with van der Waals surface area (Å²) in [7, 11) is 3.41. The van der Waals surface area contributed by atoms with E-state index < -0.39 is 0 Å². The van der Waals surface area contributed by atoms with E-state index in [9.17, 15) is 4.79 Å². The van der Waals surface area contributed by atoms with Gasteiger partial charge < -0.3 is 24.8 Å². The molecule has 0 spiro atoms. The lowest BCUT2D eigenvalue weighted by Gasteiger charge is -2.29. The lowest BCUT2D eigenvalue weighted by molar-refractivity contribution is -0.149. The number of hydrogen-bond donors (Lipinski definition) is 2. The van der Waals surface area contributed by atoms with E-state index in [4.69, 9.17) is 14.2 Å². The Kier molecular flexibility index (Phi) is 9.45. The van der Waals surface area contributed by atoms with Crippen LogP contribution in [0.15, 0.2) is 29.3 Å². The minimum atomic E-state index is -0.0560. The average molecular weight is 392 g/mol. The van der Waals surface area contributed by atoms with Crippen LogP contribution in [0, 0.1) is 5.92 Å². The molecular formula is C21H33N3O4. The Labute approximate surface area is 167 Å². The fourth-order valence-corrected chi connectivity index (χ4v) is 3.28. The molecule has 0 radical (unpaired) electrons. The summed E-state index contributed by atoms with van der Waals surface area (Å²) in [5.41, 5.74) is 0. The molecule has 0 aromatic heterocycles. The number of ether oxygens (including phenoxy) is 3. The lowest BCUT2D eigenvalue weighted by Crippen LogP contribution is -2.45. The van der Waals surface area contributed by atoms with Gasteiger partial charge in [-0.05, 0) is 51.2 Å². The summed E-state index contributed by atoms with van der Waals surface area (Å²) in [6, 6.07) is 7.94. The molecule has 1 saturated carbocycles. The van der Waals surface area contributed by atoms with E-state index in [2.05, 4.69) is 15.6 Å². The van der Waals surface area contributed by atoms with Gasteiger partial charge in [0, 0.05) is 25.7 Å². The second kappa shape index (κ2) is 12.1. The molecule has 0 atom stereocenters. The maximum Gasteiger partial charge on any atom is 0.308 e. The molecule has 1 aliphatic carbocycles. The Morgan fingerprint density at radius 1 is 1.21 bits per heavy atom. The molecular weight excluding hydrogens is 358 g/mol. The molecule has 2 rings (SSSR count). The fourth-order valence-electron chi connectivity index (χ4n) is 3.28. The van der Waals surface area contributed by atoms with Gasteiger partial charge in [0.05, 0.1) is 26.2 Å². The quantitative estimate of drug-likeness (QED) is 0.292. The van der Waals surface area contributed by atoms with Crippen molar-refractivity contribution in [3.05, 3.63) is 24.3 Å². The van der Waals surface area contributed by atoms with E-state index >= 15 is 0 Å². The van der Waals surface area contributed by atoms with E-state index in [0.717, 1.165) is 56.1 Å². The summed E-state index contributed by atoms with van der Waals surface area (Å²) in [5, 5.41) is 6.77. The summed E-state index contributed by atoms with van der Waals surface area (Å²) in [6.45, 7) is 3.68. The zero-order valence-corrected chi connectivity index (χ0v) is 17.2. The van der Waals surface area contributed by atoms with Crippen molar-refractivity contribution in [2.45, 2.75) is 45.1 Å². The number of methoxy groups -OCH3 is 1. The average Bonchev–Trinajstić information content (AvgIpc) is 2.73. The van der Waals surface area contributed by atoms with Crippen LogP contribution in [-0.4, -0.2) is 51.9 Å². The smallest absolute Gasteiger partial charge is 0.308 e. The topological polar surface area (TPSA) is 81.2 Å². The molecule has 1 aliphatic rings. The zero-order valence-electron chi connectivity index (χ0n) is 17.2. The van der Waals surface area contributed by atoms with Gasteiger partial charge in [0.15, 0.2) is 5.96 Å². The molecule has 1 fully saturated rings. The van der Waals surface area contributed by atoms with Gasteiger partial charge in [0.25, 0.3) is 0 Å². The van der Waals surface area contributed by atoms with Crippen molar-refractivity contribution in [3.63, 3.8) is 0 Å². The Hall–Kier alpha value is -2.44. The molecule has 0 heterocycles. The number of carbonyl (C=O) groups excluding carboxylic acids is 1. The van der Waals surface area contributed by atoms with Crippen LogP contribution in [0.5, 0.6) is 11.5 Å². The highest BCUT2D eigenvalue weighted by Gasteiger charge is 2.27. The van der Waals surface area contributed by atoms with E-state index in [-0.39, 0.29) is 11.9 Å². The van der Waals surface area contributed by atoms with Crippen LogP contribution in [0.3, 0.4) is 0 Å². The van der Waals surface area contributed by atoms with Crippen LogP contribution >= 0.6 is 0 Å². The summed E-state index contributed by atoms with van der Waals surface area (Å²) in [5.74, 6) is 2.38. The number of esters is 1. The molecule has 2 N–H and O–H groups in total. The third-order valence-corrected chi connectivity index (χ3v) is 4.84. The maximum absolute atomic E-state index is 11.8. The van der Waals surface area contributed by atoms with Crippen LogP contribution in [-0.2, 0) is 9.53 Å². The SMILES string of the molecule is CCOC(=O)C1CCC(NC(=NC)NCCCOc2cccc(OC)c2)CC1. The van der Waals surface area contributed by atoms with Gasteiger partial charge in [0.1, 0.15) is 11.5 Å². The largest absolute Gasteiger partial charge is 0.497 e. The van der Waals surface area contributed by atoms with Crippen LogP contribution in [0.4, 0.5) is 0 Å². The highest BCUT2D eigenvalue weighted by Crippen LogP contribution is 2.25.